The van der Waals surface area contributed by atoms with E-state index in [0.29, 0.717) is 29.2 Å². The fourth-order valence-electron chi connectivity index (χ4n) is 4.01. The van der Waals surface area contributed by atoms with Gasteiger partial charge in [0.05, 0.1) is 21.6 Å². The largest absolute Gasteiger partial charge is 0.294 e. The zero-order valence-electron chi connectivity index (χ0n) is 18.0. The first-order valence-electron chi connectivity index (χ1n) is 10.8. The number of carbonyl (C=O) groups is 1. The minimum Gasteiger partial charge on any atom is -0.294 e. The van der Waals surface area contributed by atoms with Crippen LogP contribution in [0.4, 0.5) is 0 Å². The summed E-state index contributed by atoms with van der Waals surface area (Å²) in [6.45, 7) is 1.10. The highest BCUT2D eigenvalue weighted by molar-refractivity contribution is 7.89. The monoisotopic (exact) mass is 478 g/mol. The van der Waals surface area contributed by atoms with Gasteiger partial charge in [-0.25, -0.2) is 8.42 Å². The van der Waals surface area contributed by atoms with Gasteiger partial charge < -0.3 is 0 Å². The van der Waals surface area contributed by atoms with E-state index in [9.17, 15) is 13.2 Å². The van der Waals surface area contributed by atoms with Crippen molar-refractivity contribution in [2.45, 2.75) is 30.6 Å². The number of piperidine rings is 1. The predicted molar refractivity (Wildman–Crippen MR) is 129 cm³/mol. The van der Waals surface area contributed by atoms with Gasteiger partial charge in [0.1, 0.15) is 0 Å². The van der Waals surface area contributed by atoms with E-state index in [1.54, 1.807) is 60.7 Å². The lowest BCUT2D eigenvalue weighted by Crippen LogP contribution is -2.35. The SMILES string of the molecule is N#Cc1ccc(-c2cccc(C(=O)Cc3ccc(S(=O)(=O)N4CCCCC4)cc3)c2Cl)cc1. The van der Waals surface area contributed by atoms with Crippen molar-refractivity contribution in [2.75, 3.05) is 13.1 Å². The molecule has 3 aromatic rings. The number of sulfonamides is 1. The van der Waals surface area contributed by atoms with Gasteiger partial charge in [0.25, 0.3) is 0 Å². The number of ketones is 1. The van der Waals surface area contributed by atoms with Gasteiger partial charge >= 0.3 is 0 Å². The molecule has 1 aliphatic rings. The molecule has 33 heavy (non-hydrogen) atoms. The van der Waals surface area contributed by atoms with Gasteiger partial charge in [-0.1, -0.05) is 54.4 Å². The molecular formula is C26H23ClN2O3S. The molecule has 1 aliphatic heterocycles. The Bertz CT molecular complexity index is 1310. The third-order valence-electron chi connectivity index (χ3n) is 5.86. The van der Waals surface area contributed by atoms with E-state index >= 15 is 0 Å². The highest BCUT2D eigenvalue weighted by atomic mass is 35.5. The maximum Gasteiger partial charge on any atom is 0.243 e. The van der Waals surface area contributed by atoms with Crippen LogP contribution >= 0.6 is 11.6 Å². The molecule has 0 saturated carbocycles. The van der Waals surface area contributed by atoms with Crippen LogP contribution in [0.15, 0.2) is 71.6 Å². The maximum atomic E-state index is 13.0. The predicted octanol–water partition coefficient (Wildman–Crippen LogP) is 5.48. The Morgan fingerprint density at radius 3 is 2.24 bits per heavy atom. The molecule has 1 heterocycles. The third kappa shape index (κ3) is 5.01. The lowest BCUT2D eigenvalue weighted by Gasteiger charge is -2.25. The molecule has 0 aliphatic carbocycles. The second-order valence-electron chi connectivity index (χ2n) is 8.06. The van der Waals surface area contributed by atoms with Crippen molar-refractivity contribution in [1.29, 1.82) is 5.26 Å². The molecule has 5 nitrogen and oxygen atoms in total. The number of nitriles is 1. The molecule has 168 valence electrons. The number of Topliss-reactive ketones (excluding diaryl/α,β-unsaturated/α-hetero) is 1. The summed E-state index contributed by atoms with van der Waals surface area (Å²) in [5.74, 6) is -0.151. The third-order valence-corrected chi connectivity index (χ3v) is 8.19. The summed E-state index contributed by atoms with van der Waals surface area (Å²) in [5.41, 5.74) is 3.21. The number of hydrogen-bond acceptors (Lipinski definition) is 4. The number of hydrogen-bond donors (Lipinski definition) is 0. The quantitative estimate of drug-likeness (QED) is 0.439. The Labute approximate surface area is 199 Å². The fraction of sp³-hybridized carbons (Fsp3) is 0.231. The summed E-state index contributed by atoms with van der Waals surface area (Å²) in [7, 11) is -3.50. The molecule has 0 aromatic heterocycles. The maximum absolute atomic E-state index is 13.0. The minimum atomic E-state index is -3.50. The Kier molecular flexibility index (Phi) is 6.94. The van der Waals surface area contributed by atoms with Crippen molar-refractivity contribution in [3.05, 3.63) is 88.4 Å². The highest BCUT2D eigenvalue weighted by Crippen LogP contribution is 2.32. The molecule has 1 saturated heterocycles. The van der Waals surface area contributed by atoms with Gasteiger partial charge in [-0.15, -0.1) is 0 Å². The molecule has 0 N–H and O–H groups in total. The first-order chi connectivity index (χ1) is 15.9. The molecule has 3 aromatic carbocycles. The van der Waals surface area contributed by atoms with Crippen LogP contribution in [0.1, 0.15) is 40.7 Å². The Morgan fingerprint density at radius 2 is 1.61 bits per heavy atom. The lowest BCUT2D eigenvalue weighted by atomic mass is 9.97. The van der Waals surface area contributed by atoms with Gasteiger partial charge in [0, 0.05) is 30.6 Å². The molecule has 0 bridgehead atoms. The standard InChI is InChI=1S/C26H23ClN2O3S/c27-26-23(21-11-7-20(18-28)8-12-21)5-4-6-24(26)25(30)17-19-9-13-22(14-10-19)33(31,32)29-15-2-1-3-16-29/h4-14H,1-3,15-17H2. The van der Waals surface area contributed by atoms with Gasteiger partial charge in [-0.05, 0) is 54.3 Å². The Balaban J connectivity index is 1.52. The second-order valence-corrected chi connectivity index (χ2v) is 10.4. The molecule has 0 amide bonds. The van der Waals surface area contributed by atoms with E-state index in [1.807, 2.05) is 6.07 Å². The molecule has 1 fully saturated rings. The van der Waals surface area contributed by atoms with E-state index in [4.69, 9.17) is 16.9 Å². The molecule has 7 heteroatoms. The van der Waals surface area contributed by atoms with E-state index in [0.717, 1.165) is 36.0 Å². The molecule has 0 unspecified atom stereocenters. The summed E-state index contributed by atoms with van der Waals surface area (Å²) >= 11 is 6.58. The van der Waals surface area contributed by atoms with E-state index < -0.39 is 10.0 Å². The van der Waals surface area contributed by atoms with Crippen molar-refractivity contribution in [3.8, 4) is 17.2 Å². The Morgan fingerprint density at radius 1 is 0.939 bits per heavy atom. The summed E-state index contributed by atoms with van der Waals surface area (Å²) in [5, 5.41) is 9.34. The smallest absolute Gasteiger partial charge is 0.243 e. The minimum absolute atomic E-state index is 0.112. The highest BCUT2D eigenvalue weighted by Gasteiger charge is 2.25. The van der Waals surface area contributed by atoms with Crippen molar-refractivity contribution >= 4 is 27.4 Å². The average Bonchev–Trinajstić information content (AvgIpc) is 2.85. The van der Waals surface area contributed by atoms with Crippen molar-refractivity contribution in [2.24, 2.45) is 0 Å². The van der Waals surface area contributed by atoms with Crippen LogP contribution in [0.25, 0.3) is 11.1 Å². The van der Waals surface area contributed by atoms with Crippen molar-refractivity contribution in [3.63, 3.8) is 0 Å². The van der Waals surface area contributed by atoms with Crippen LogP contribution in [-0.4, -0.2) is 31.6 Å². The molecule has 4 rings (SSSR count). The van der Waals surface area contributed by atoms with E-state index in [2.05, 4.69) is 6.07 Å². The van der Waals surface area contributed by atoms with Gasteiger partial charge in [0.15, 0.2) is 5.78 Å². The number of halogens is 1. The molecule has 0 atom stereocenters. The molecular weight excluding hydrogens is 456 g/mol. The first kappa shape index (κ1) is 23.2. The number of nitrogens with zero attached hydrogens (tertiary/aromatic N) is 2. The van der Waals surface area contributed by atoms with E-state index in [1.165, 1.54) is 4.31 Å². The lowest BCUT2D eigenvalue weighted by molar-refractivity contribution is 0.0993. The summed E-state index contributed by atoms with van der Waals surface area (Å²) in [6.07, 6.45) is 2.94. The summed E-state index contributed by atoms with van der Waals surface area (Å²) in [4.78, 5) is 13.2. The van der Waals surface area contributed by atoms with Crippen molar-refractivity contribution in [1.82, 2.24) is 4.31 Å². The van der Waals surface area contributed by atoms with E-state index in [-0.39, 0.29) is 17.1 Å². The van der Waals surface area contributed by atoms with Crippen LogP contribution in [0.5, 0.6) is 0 Å². The van der Waals surface area contributed by atoms with Crippen molar-refractivity contribution < 1.29 is 13.2 Å². The number of benzene rings is 3. The summed E-state index contributed by atoms with van der Waals surface area (Å²) in [6, 6.07) is 20.9. The van der Waals surface area contributed by atoms with Crippen LogP contribution < -0.4 is 0 Å². The van der Waals surface area contributed by atoms with Gasteiger partial charge in [0.2, 0.25) is 10.0 Å². The normalized spacial score (nSPS) is 14.5. The second kappa shape index (κ2) is 9.88. The molecule has 0 spiro atoms. The number of rotatable bonds is 6. The van der Waals surface area contributed by atoms with Crippen LogP contribution in [0.3, 0.4) is 0 Å². The zero-order valence-corrected chi connectivity index (χ0v) is 19.6. The Hall–Kier alpha value is -2.98. The van der Waals surface area contributed by atoms with Crippen LogP contribution in [0, 0.1) is 11.3 Å². The van der Waals surface area contributed by atoms with Gasteiger partial charge in [-0.3, -0.25) is 4.79 Å². The topological polar surface area (TPSA) is 78.2 Å². The molecule has 0 radical (unpaired) electrons. The fourth-order valence-corrected chi connectivity index (χ4v) is 5.87. The van der Waals surface area contributed by atoms with Gasteiger partial charge in [-0.2, -0.15) is 9.57 Å². The first-order valence-corrected chi connectivity index (χ1v) is 12.6. The van der Waals surface area contributed by atoms with Crippen LogP contribution in [-0.2, 0) is 16.4 Å². The number of carbonyl (C=O) groups excluding carboxylic acids is 1. The zero-order chi connectivity index (χ0) is 23.4. The van der Waals surface area contributed by atoms with Crippen LogP contribution in [0.2, 0.25) is 5.02 Å². The summed E-state index contributed by atoms with van der Waals surface area (Å²) < 4.78 is 27.2. The average molecular weight is 479 g/mol.